The number of benzene rings is 1. The van der Waals surface area contributed by atoms with E-state index in [-0.39, 0.29) is 23.9 Å². The van der Waals surface area contributed by atoms with Gasteiger partial charge in [-0.15, -0.1) is 0 Å². The highest BCUT2D eigenvalue weighted by Gasteiger charge is 2.24. The smallest absolute Gasteiger partial charge is 0.395 e. The highest BCUT2D eigenvalue weighted by Crippen LogP contribution is 2.25. The molecule has 0 atom stereocenters. The number of nitrogens with zero attached hydrogens (tertiary/aromatic N) is 2. The van der Waals surface area contributed by atoms with Gasteiger partial charge in [-0.2, -0.15) is 0 Å². The molecular weight excluding hydrogens is 385 g/mol. The van der Waals surface area contributed by atoms with Crippen LogP contribution >= 0.6 is 23.2 Å². The number of amides is 2. The monoisotopic (exact) mass is 399 g/mol. The molecule has 1 aromatic carbocycles. The average molecular weight is 400 g/mol. The van der Waals surface area contributed by atoms with Gasteiger partial charge in [0.2, 0.25) is 5.91 Å². The van der Waals surface area contributed by atoms with E-state index in [9.17, 15) is 19.7 Å². The molecule has 2 aromatic rings. The zero-order valence-electron chi connectivity index (χ0n) is 13.7. The highest BCUT2D eigenvalue weighted by molar-refractivity contribution is 6.36. The first kappa shape index (κ1) is 19.7. The first-order valence-electron chi connectivity index (χ1n) is 7.60. The van der Waals surface area contributed by atoms with Crippen molar-refractivity contribution < 1.29 is 18.9 Å². The number of hydrogen-bond donors (Lipinski definition) is 1. The number of anilines is 1. The molecule has 1 aromatic heterocycles. The number of carbonyl (C=O) groups excluding carboxylic acids is 2. The maximum atomic E-state index is 12.5. The molecule has 10 heteroatoms. The van der Waals surface area contributed by atoms with Crippen molar-refractivity contribution in [2.75, 3.05) is 18.4 Å². The summed E-state index contributed by atoms with van der Waals surface area (Å²) in [4.78, 5) is 35.9. The van der Waals surface area contributed by atoms with Crippen molar-refractivity contribution in [3.63, 3.8) is 0 Å². The second-order valence-corrected chi connectivity index (χ2v) is 6.14. The van der Waals surface area contributed by atoms with Crippen molar-refractivity contribution in [1.82, 2.24) is 4.90 Å². The van der Waals surface area contributed by atoms with Crippen LogP contribution < -0.4 is 5.32 Å². The van der Waals surface area contributed by atoms with Gasteiger partial charge in [0.1, 0.15) is 11.5 Å². The van der Waals surface area contributed by atoms with Crippen LogP contribution in [-0.2, 0) is 4.79 Å². The summed E-state index contributed by atoms with van der Waals surface area (Å²) < 4.78 is 4.91. The van der Waals surface area contributed by atoms with E-state index in [0.29, 0.717) is 17.1 Å². The molecule has 26 heavy (non-hydrogen) atoms. The van der Waals surface area contributed by atoms with Crippen molar-refractivity contribution >= 4 is 46.6 Å². The van der Waals surface area contributed by atoms with E-state index in [2.05, 4.69) is 5.32 Å². The third kappa shape index (κ3) is 4.96. The number of nitro groups is 1. The van der Waals surface area contributed by atoms with Crippen LogP contribution in [0.4, 0.5) is 11.6 Å². The molecule has 0 radical (unpaired) electrons. The second-order valence-electron chi connectivity index (χ2n) is 5.29. The molecule has 0 aliphatic carbocycles. The van der Waals surface area contributed by atoms with Crippen LogP contribution in [-0.4, -0.2) is 34.7 Å². The molecule has 2 amide bonds. The van der Waals surface area contributed by atoms with Gasteiger partial charge >= 0.3 is 5.88 Å². The van der Waals surface area contributed by atoms with E-state index in [0.717, 1.165) is 6.07 Å². The molecule has 0 saturated heterocycles. The fraction of sp³-hybridized carbons (Fsp3) is 0.250. The largest absolute Gasteiger partial charge is 0.433 e. The van der Waals surface area contributed by atoms with Crippen LogP contribution in [0.1, 0.15) is 23.9 Å². The molecule has 0 spiro atoms. The molecule has 8 nitrogen and oxygen atoms in total. The number of hydrogen-bond acceptors (Lipinski definition) is 5. The van der Waals surface area contributed by atoms with Gasteiger partial charge in [-0.05, 0) is 30.7 Å². The zero-order chi connectivity index (χ0) is 19.3. The third-order valence-corrected chi connectivity index (χ3v) is 3.85. The predicted molar refractivity (Wildman–Crippen MR) is 96.6 cm³/mol. The van der Waals surface area contributed by atoms with Crippen molar-refractivity contribution in [2.45, 2.75) is 13.3 Å². The first-order valence-corrected chi connectivity index (χ1v) is 8.35. The Labute approximate surface area is 158 Å². The average Bonchev–Trinajstić information content (AvgIpc) is 3.07. The van der Waals surface area contributed by atoms with E-state index < -0.39 is 22.6 Å². The van der Waals surface area contributed by atoms with E-state index in [1.165, 1.54) is 17.0 Å². The Balaban J connectivity index is 2.09. The standard InChI is InChI=1S/C16H15Cl2N3O5/c1-2-7-20(16(23)13-5-6-15(26-13)21(24)25)9-14(22)19-12-4-3-10(17)8-11(12)18/h3-6,8H,2,7,9H2,1H3,(H,19,22). The number of rotatable bonds is 7. The molecule has 0 fully saturated rings. The Morgan fingerprint density at radius 3 is 2.58 bits per heavy atom. The second kappa shape index (κ2) is 8.68. The summed E-state index contributed by atoms with van der Waals surface area (Å²) in [5, 5.41) is 14.0. The van der Waals surface area contributed by atoms with Gasteiger partial charge < -0.3 is 14.6 Å². The summed E-state index contributed by atoms with van der Waals surface area (Å²) in [6, 6.07) is 6.89. The van der Waals surface area contributed by atoms with Gasteiger partial charge in [-0.25, -0.2) is 0 Å². The summed E-state index contributed by atoms with van der Waals surface area (Å²) in [6.07, 6.45) is 0.587. The van der Waals surface area contributed by atoms with E-state index in [1.54, 1.807) is 12.1 Å². The maximum Gasteiger partial charge on any atom is 0.433 e. The van der Waals surface area contributed by atoms with E-state index in [1.807, 2.05) is 6.92 Å². The Kier molecular flexibility index (Phi) is 6.59. The van der Waals surface area contributed by atoms with Crippen LogP contribution in [0.25, 0.3) is 0 Å². The van der Waals surface area contributed by atoms with Crippen LogP contribution in [0.2, 0.25) is 10.0 Å². The fourth-order valence-corrected chi connectivity index (χ4v) is 2.63. The quantitative estimate of drug-likeness (QED) is 0.559. The van der Waals surface area contributed by atoms with Gasteiger partial charge in [-0.3, -0.25) is 19.7 Å². The lowest BCUT2D eigenvalue weighted by Crippen LogP contribution is -2.38. The number of carbonyl (C=O) groups is 2. The minimum absolute atomic E-state index is 0.206. The van der Waals surface area contributed by atoms with Crippen LogP contribution in [0, 0.1) is 10.1 Å². The summed E-state index contributed by atoms with van der Waals surface area (Å²) in [5.41, 5.74) is 0.360. The molecule has 0 aliphatic heterocycles. The molecule has 2 rings (SSSR count). The third-order valence-electron chi connectivity index (χ3n) is 3.30. The molecule has 138 valence electrons. The molecule has 1 heterocycles. The molecule has 0 saturated carbocycles. The van der Waals surface area contributed by atoms with Crippen molar-refractivity contribution in [2.24, 2.45) is 0 Å². The van der Waals surface area contributed by atoms with Gasteiger partial charge in [0, 0.05) is 11.6 Å². The highest BCUT2D eigenvalue weighted by atomic mass is 35.5. The molecule has 1 N–H and O–H groups in total. The summed E-state index contributed by atoms with van der Waals surface area (Å²) in [7, 11) is 0. The van der Waals surface area contributed by atoms with Gasteiger partial charge in [0.15, 0.2) is 5.76 Å². The Morgan fingerprint density at radius 2 is 2.00 bits per heavy atom. The maximum absolute atomic E-state index is 12.5. The van der Waals surface area contributed by atoms with Crippen LogP contribution in [0.15, 0.2) is 34.7 Å². The van der Waals surface area contributed by atoms with Crippen LogP contribution in [0.3, 0.4) is 0 Å². The number of halogens is 2. The van der Waals surface area contributed by atoms with E-state index >= 15 is 0 Å². The Morgan fingerprint density at radius 1 is 1.27 bits per heavy atom. The fourth-order valence-electron chi connectivity index (χ4n) is 2.17. The van der Waals surface area contributed by atoms with Crippen molar-refractivity contribution in [3.05, 3.63) is 56.3 Å². The Hall–Kier alpha value is -2.58. The zero-order valence-corrected chi connectivity index (χ0v) is 15.2. The molecular formula is C16H15Cl2N3O5. The number of furan rings is 1. The Bertz CT molecular complexity index is 837. The normalized spacial score (nSPS) is 10.4. The van der Waals surface area contributed by atoms with Gasteiger partial charge in [0.25, 0.3) is 5.91 Å². The summed E-state index contributed by atoms with van der Waals surface area (Å²) in [6.45, 7) is 1.84. The SMILES string of the molecule is CCCN(CC(=O)Nc1ccc(Cl)cc1Cl)C(=O)c1ccc([N+](=O)[O-])o1. The minimum atomic E-state index is -0.740. The van der Waals surface area contributed by atoms with Gasteiger partial charge in [0.05, 0.1) is 16.8 Å². The lowest BCUT2D eigenvalue weighted by molar-refractivity contribution is -0.402. The number of nitrogens with one attached hydrogen (secondary N) is 1. The van der Waals surface area contributed by atoms with Crippen LogP contribution in [0.5, 0.6) is 0 Å². The summed E-state index contributed by atoms with van der Waals surface area (Å²) >= 11 is 11.8. The van der Waals surface area contributed by atoms with Crippen molar-refractivity contribution in [1.29, 1.82) is 0 Å². The minimum Gasteiger partial charge on any atom is -0.395 e. The molecule has 0 aliphatic rings. The molecule has 0 unspecified atom stereocenters. The topological polar surface area (TPSA) is 106 Å². The lowest BCUT2D eigenvalue weighted by atomic mass is 10.3. The molecule has 0 bridgehead atoms. The lowest BCUT2D eigenvalue weighted by Gasteiger charge is -2.20. The van der Waals surface area contributed by atoms with E-state index in [4.69, 9.17) is 27.6 Å². The first-order chi connectivity index (χ1) is 12.3. The summed E-state index contributed by atoms with van der Waals surface area (Å²) in [5.74, 6) is -1.83. The van der Waals surface area contributed by atoms with Crippen molar-refractivity contribution in [3.8, 4) is 0 Å². The predicted octanol–water partition coefficient (Wildman–Crippen LogP) is 3.99. The van der Waals surface area contributed by atoms with Gasteiger partial charge in [-0.1, -0.05) is 30.1 Å².